The number of hydrogen-bond donors (Lipinski definition) is 2. The lowest BCUT2D eigenvalue weighted by Crippen LogP contribution is -2.47. The first-order valence-electron chi connectivity index (χ1n) is 34.4. The zero-order valence-electron chi connectivity index (χ0n) is 52.8. The molecule has 13 atom stereocenters. The van der Waals surface area contributed by atoms with Crippen LogP contribution in [-0.4, -0.2) is 39.7 Å². The first kappa shape index (κ1) is 61.8. The van der Waals surface area contributed by atoms with Crippen molar-refractivity contribution in [2.45, 2.75) is 263 Å². The van der Waals surface area contributed by atoms with Gasteiger partial charge in [-0.25, -0.2) is 17.6 Å². The lowest BCUT2D eigenvalue weighted by atomic mass is 9.74. The van der Waals surface area contributed by atoms with Gasteiger partial charge < -0.3 is 20.0 Å². The molecule has 3 aromatic carbocycles. The van der Waals surface area contributed by atoms with Gasteiger partial charge in [0.25, 0.3) is 0 Å². The van der Waals surface area contributed by atoms with Crippen molar-refractivity contribution >= 4 is 22.6 Å². The predicted octanol–water partition coefficient (Wildman–Crippen LogP) is 19.8. The fraction of sp³-hybridized carbons (Fsp3) is 0.645. The molecule has 7 saturated carbocycles. The zero-order chi connectivity index (χ0) is 60.0. The van der Waals surface area contributed by atoms with E-state index in [-0.39, 0.29) is 70.1 Å². The minimum Gasteiger partial charge on any atom is -0.368 e. The maximum atomic E-state index is 17.5. The molecule has 13 rings (SSSR count). The molecule has 0 bridgehead atoms. The Kier molecular flexibility index (Phi) is 18.9. The molecule has 8 aliphatic carbocycles. The number of carbonyl (C=O) groups excluding carboxylic acids is 2. The number of allylic oxidation sites excluding steroid dienone is 1. The number of hydrogen-bond acceptors (Lipinski definition) is 3. The van der Waals surface area contributed by atoms with E-state index in [0.29, 0.717) is 77.1 Å². The summed E-state index contributed by atoms with van der Waals surface area (Å²) in [6.45, 7) is 22.9. The van der Waals surface area contributed by atoms with Gasteiger partial charge in [0.1, 0.15) is 29.1 Å². The molecule has 85 heavy (non-hydrogen) atoms. The van der Waals surface area contributed by atoms with Crippen molar-refractivity contribution in [3.8, 4) is 0 Å². The van der Waals surface area contributed by atoms with Crippen LogP contribution >= 0.6 is 0 Å². The monoisotopic (exact) mass is 1160 g/mol. The summed E-state index contributed by atoms with van der Waals surface area (Å²) in [5, 5.41) is 4.27. The van der Waals surface area contributed by atoms with Crippen LogP contribution in [-0.2, 0) is 22.4 Å². The molecular weight excluding hydrogens is 1060 g/mol. The summed E-state index contributed by atoms with van der Waals surface area (Å²) >= 11 is 0. The van der Waals surface area contributed by atoms with Crippen LogP contribution in [0.3, 0.4) is 0 Å². The molecule has 1 saturated heterocycles. The highest BCUT2D eigenvalue weighted by Crippen LogP contribution is 2.61. The second-order valence-electron chi connectivity index (χ2n) is 28.4. The first-order valence-corrected chi connectivity index (χ1v) is 34.4. The summed E-state index contributed by atoms with van der Waals surface area (Å²) < 4.78 is 68.7. The Labute approximate surface area is 507 Å². The Hall–Kier alpha value is -4.88. The zero-order valence-corrected chi connectivity index (χ0v) is 52.8. The van der Waals surface area contributed by atoms with Crippen LogP contribution in [0.25, 0.3) is 10.9 Å². The Morgan fingerprint density at radius 3 is 1.92 bits per heavy atom. The standard InChI is InChI=1S/C72H89F4N3O2.2C2H6/c1-6-52(71(77-42(4)81)45-20-12-13-21-45)70-53-24-14-22-46(53)29-59(70)65-35-48-30-57(61(74)37-64(48)78-65)54-26-27-55(68(54)49-32-62(75)69(63(76)33-49)44-18-8-7-9-19-44)58-31-50-38-72(5,39-51(50)34-60(58)73)67-36-47-23-15-25-66(47)79(67)41(3)56(28-40(2)80)43-16-10-11-17-43;2*1-2/h30-35,37,43-47,53-56,59,66-68,70-71,78H,1,3,7-29,36,38-39H2,2,4-5H3,(H,77,81);2*1-2H3/t46-,47-,53-,54+,55+,56+,59-,66-,67-,68?,70?,71-,72?;;/m0../s1. The quantitative estimate of drug-likeness (QED) is 0.0921. The molecule has 3 unspecified atom stereocenters. The van der Waals surface area contributed by atoms with Crippen LogP contribution in [0.1, 0.15) is 271 Å². The number of ketones is 1. The Bertz CT molecular complexity index is 3110. The number of amides is 1. The highest BCUT2D eigenvalue weighted by atomic mass is 19.1. The van der Waals surface area contributed by atoms with Gasteiger partial charge in [-0.1, -0.05) is 118 Å². The molecule has 9 heteroatoms. The number of likely N-dealkylation sites (tertiary alicyclic amines) is 1. The molecule has 1 amide bonds. The average Bonchev–Trinajstić information content (AvgIpc) is 1.86. The number of nitrogens with one attached hydrogen (secondary N) is 2. The van der Waals surface area contributed by atoms with E-state index in [0.717, 1.165) is 143 Å². The van der Waals surface area contributed by atoms with Crippen LogP contribution in [0.2, 0.25) is 0 Å². The molecule has 460 valence electrons. The number of halogens is 4. The maximum Gasteiger partial charge on any atom is 0.217 e. The van der Waals surface area contributed by atoms with Gasteiger partial charge in [0.15, 0.2) is 0 Å². The summed E-state index contributed by atoms with van der Waals surface area (Å²) in [5.74, 6) is -0.358. The minimum atomic E-state index is -0.581. The number of nitrogens with zero attached hydrogens (tertiary/aromatic N) is 1. The van der Waals surface area contributed by atoms with Crippen LogP contribution in [0, 0.1) is 70.1 Å². The molecule has 4 aromatic rings. The summed E-state index contributed by atoms with van der Waals surface area (Å²) in [6.07, 6.45) is 25.9. The third-order valence-corrected chi connectivity index (χ3v) is 23.8. The van der Waals surface area contributed by atoms with E-state index in [1.165, 1.54) is 50.7 Å². The molecule has 2 N–H and O–H groups in total. The number of carbonyl (C=O) groups is 2. The summed E-state index contributed by atoms with van der Waals surface area (Å²) in [5.41, 5.74) is 11.2. The Morgan fingerprint density at radius 2 is 1.27 bits per heavy atom. The number of benzene rings is 3. The van der Waals surface area contributed by atoms with E-state index >= 15 is 17.6 Å². The van der Waals surface area contributed by atoms with E-state index in [1.807, 2.05) is 33.8 Å². The van der Waals surface area contributed by atoms with Crippen LogP contribution in [0.5, 0.6) is 0 Å². The fourth-order valence-electron chi connectivity index (χ4n) is 20.4. The third-order valence-electron chi connectivity index (χ3n) is 23.8. The van der Waals surface area contributed by atoms with Crippen molar-refractivity contribution in [1.82, 2.24) is 15.2 Å². The van der Waals surface area contributed by atoms with E-state index in [2.05, 4.69) is 46.6 Å². The summed E-state index contributed by atoms with van der Waals surface area (Å²) in [6, 6.07) is 13.3. The van der Waals surface area contributed by atoms with Gasteiger partial charge in [-0.15, -0.1) is 5.73 Å². The van der Waals surface area contributed by atoms with Crippen molar-refractivity contribution in [3.63, 3.8) is 0 Å². The molecule has 9 aliphatic rings. The molecule has 1 aromatic heterocycles. The summed E-state index contributed by atoms with van der Waals surface area (Å²) in [4.78, 5) is 32.1. The largest absolute Gasteiger partial charge is 0.368 e. The molecule has 5 nitrogen and oxygen atoms in total. The Morgan fingerprint density at radius 1 is 0.671 bits per heavy atom. The highest BCUT2D eigenvalue weighted by Gasteiger charge is 2.55. The highest BCUT2D eigenvalue weighted by molar-refractivity contribution is 5.82. The van der Waals surface area contributed by atoms with E-state index in [1.54, 1.807) is 26.0 Å². The van der Waals surface area contributed by atoms with Gasteiger partial charge >= 0.3 is 0 Å². The van der Waals surface area contributed by atoms with Crippen molar-refractivity contribution in [1.29, 1.82) is 0 Å². The smallest absolute Gasteiger partial charge is 0.217 e. The fourth-order valence-corrected chi connectivity index (χ4v) is 20.4. The second kappa shape index (κ2) is 26.1. The number of aromatic amines is 1. The van der Waals surface area contributed by atoms with E-state index in [9.17, 15) is 9.59 Å². The van der Waals surface area contributed by atoms with Gasteiger partial charge in [0, 0.05) is 71.0 Å². The van der Waals surface area contributed by atoms with Gasteiger partial charge in [-0.2, -0.15) is 0 Å². The van der Waals surface area contributed by atoms with Crippen molar-refractivity contribution in [2.24, 2.45) is 46.8 Å². The van der Waals surface area contributed by atoms with Gasteiger partial charge in [-0.3, -0.25) is 4.79 Å². The SMILES string of the molecule is C=C=C(C1[C@H]2CCC[C@H]2C[C@H]1c1cc2cc([C@H]3CC[C@H](c4cc5c(cc4F)CC(C)([C@@H]4C[C@@H]6CCC[C@@H]6N4C(=C)[C@@H](CC(C)=O)C4CCCC4)C5)C3c3cc(F)c(C4CCCCC4)c(F)c3)c(F)cc2[nH]1)[C@@H](NC(C)=O)C1CCCC1.CC.CC. The van der Waals surface area contributed by atoms with Gasteiger partial charge in [0.05, 0.1) is 6.04 Å². The molecule has 1 aliphatic heterocycles. The second-order valence-corrected chi connectivity index (χ2v) is 28.4. The molecular formula is C76H101F4N3O2. The number of aromatic nitrogens is 1. The molecule has 0 spiro atoms. The maximum absolute atomic E-state index is 17.5. The van der Waals surface area contributed by atoms with Crippen molar-refractivity contribution < 1.29 is 27.2 Å². The third kappa shape index (κ3) is 11.8. The molecule has 2 heterocycles. The number of fused-ring (bicyclic) bond motifs is 4. The lowest BCUT2D eigenvalue weighted by Gasteiger charge is -2.45. The van der Waals surface area contributed by atoms with Crippen molar-refractivity contribution in [3.05, 3.63) is 135 Å². The average molecular weight is 1160 g/mol. The number of rotatable bonds is 15. The van der Waals surface area contributed by atoms with Gasteiger partial charge in [-0.05, 0) is 232 Å². The van der Waals surface area contributed by atoms with Crippen molar-refractivity contribution in [2.75, 3.05) is 0 Å². The summed E-state index contributed by atoms with van der Waals surface area (Å²) in [7, 11) is 0. The predicted molar refractivity (Wildman–Crippen MR) is 338 cm³/mol. The van der Waals surface area contributed by atoms with Crippen LogP contribution < -0.4 is 5.32 Å². The Balaban J connectivity index is 0.00000184. The molecule has 0 radical (unpaired) electrons. The van der Waals surface area contributed by atoms with E-state index < -0.39 is 29.4 Å². The number of Topliss-reactive ketones (excluding diaryl/α,β-unsaturated/α-hetero) is 1. The van der Waals surface area contributed by atoms with Crippen LogP contribution in [0.15, 0.2) is 72.6 Å². The molecule has 8 fully saturated rings. The number of H-pyrrole nitrogens is 1. The first-order chi connectivity index (χ1) is 41.2. The normalized spacial score (nSPS) is 30.7. The van der Waals surface area contributed by atoms with E-state index in [4.69, 9.17) is 6.58 Å². The topological polar surface area (TPSA) is 65.2 Å². The lowest BCUT2D eigenvalue weighted by molar-refractivity contribution is -0.120. The minimum absolute atomic E-state index is 0.0310. The van der Waals surface area contributed by atoms with Gasteiger partial charge in [0.2, 0.25) is 5.91 Å². The van der Waals surface area contributed by atoms with Crippen LogP contribution in [0.4, 0.5) is 17.6 Å².